The summed E-state index contributed by atoms with van der Waals surface area (Å²) < 4.78 is 13.3. The van der Waals surface area contributed by atoms with Crippen molar-refractivity contribution in [1.82, 2.24) is 9.55 Å². The first kappa shape index (κ1) is 20.6. The van der Waals surface area contributed by atoms with E-state index in [1.165, 1.54) is 0 Å². The highest BCUT2D eigenvalue weighted by atomic mass is 35.5. The summed E-state index contributed by atoms with van der Waals surface area (Å²) in [5.74, 6) is 1.98. The molecule has 2 aliphatic heterocycles. The van der Waals surface area contributed by atoms with Crippen LogP contribution in [0, 0.1) is 11.8 Å². The van der Waals surface area contributed by atoms with E-state index in [9.17, 15) is 4.79 Å². The van der Waals surface area contributed by atoms with E-state index in [1.54, 1.807) is 16.7 Å². The Morgan fingerprint density at radius 3 is 2.79 bits per heavy atom. The summed E-state index contributed by atoms with van der Waals surface area (Å²) >= 11 is 6.18. The van der Waals surface area contributed by atoms with Crippen molar-refractivity contribution in [3.05, 3.63) is 33.9 Å². The van der Waals surface area contributed by atoms with Crippen LogP contribution in [0.1, 0.15) is 58.5 Å². The predicted octanol–water partition coefficient (Wildman–Crippen LogP) is 4.29. The van der Waals surface area contributed by atoms with Crippen molar-refractivity contribution in [3.8, 4) is 5.88 Å². The molecule has 2 aliphatic rings. The predicted molar refractivity (Wildman–Crippen MR) is 113 cm³/mol. The van der Waals surface area contributed by atoms with Gasteiger partial charge in [0.1, 0.15) is 23.9 Å². The summed E-state index contributed by atoms with van der Waals surface area (Å²) in [6.07, 6.45) is 6.20. The van der Waals surface area contributed by atoms with Gasteiger partial charge < -0.3 is 9.47 Å². The van der Waals surface area contributed by atoms with Gasteiger partial charge in [0.05, 0.1) is 12.0 Å². The van der Waals surface area contributed by atoms with Crippen LogP contribution in [-0.4, -0.2) is 34.0 Å². The normalized spacial score (nSPS) is 22.6. The van der Waals surface area contributed by atoms with Crippen molar-refractivity contribution in [1.29, 1.82) is 0 Å². The smallest absolute Gasteiger partial charge is 0.265 e. The second kappa shape index (κ2) is 8.52. The van der Waals surface area contributed by atoms with Crippen LogP contribution in [0.15, 0.2) is 21.9 Å². The Labute approximate surface area is 170 Å². The van der Waals surface area contributed by atoms with Gasteiger partial charge in [0, 0.05) is 0 Å². The van der Waals surface area contributed by atoms with Crippen molar-refractivity contribution < 1.29 is 9.47 Å². The molecule has 152 valence electrons. The third-order valence-corrected chi connectivity index (χ3v) is 4.77. The van der Waals surface area contributed by atoms with Gasteiger partial charge in [-0.15, -0.1) is 11.6 Å². The largest absolute Gasteiger partial charge is 0.480 e. The number of nitrogens with zero attached hydrogens (tertiary/aromatic N) is 3. The number of aromatic nitrogens is 2. The second-order valence-electron chi connectivity index (χ2n) is 7.84. The number of allylic oxidation sites excluding steroid dienone is 1. The van der Waals surface area contributed by atoms with Gasteiger partial charge in [-0.2, -0.15) is 4.98 Å². The topological polar surface area (TPSA) is 65.7 Å². The van der Waals surface area contributed by atoms with Crippen molar-refractivity contribution in [3.63, 3.8) is 0 Å². The molecule has 0 saturated heterocycles. The molecule has 0 radical (unpaired) electrons. The van der Waals surface area contributed by atoms with Crippen LogP contribution in [0.4, 0.5) is 0 Å². The third kappa shape index (κ3) is 4.17. The number of fused-ring (bicyclic) bond motifs is 2. The number of aliphatic imine (C=N–C) groups is 1. The van der Waals surface area contributed by atoms with E-state index >= 15 is 0 Å². The fourth-order valence-electron chi connectivity index (χ4n) is 3.38. The Morgan fingerprint density at radius 2 is 2.14 bits per heavy atom. The standard InChI is InChI=1S/C21H28ClN3O3/c1-6-27-20-17(10-13(4)5)25-18(16(23-20)9-12(2)3)24-19-15(21(25)26)8-7-14(22)11-28-19/h7-9,12-14,17H,6,10-11H2,1-5H3/b16-9-/t14?,17-/m1/s1. The van der Waals surface area contributed by atoms with Gasteiger partial charge in [0.2, 0.25) is 11.8 Å². The van der Waals surface area contributed by atoms with Gasteiger partial charge in [0.15, 0.2) is 5.82 Å². The van der Waals surface area contributed by atoms with Crippen molar-refractivity contribution in [2.45, 2.75) is 52.5 Å². The van der Waals surface area contributed by atoms with Crippen LogP contribution in [-0.2, 0) is 4.74 Å². The maximum absolute atomic E-state index is 13.5. The van der Waals surface area contributed by atoms with E-state index in [2.05, 4.69) is 27.7 Å². The Morgan fingerprint density at radius 1 is 1.39 bits per heavy atom. The third-order valence-electron chi connectivity index (χ3n) is 4.50. The Balaban J connectivity index is 2.27. The van der Waals surface area contributed by atoms with Gasteiger partial charge in [-0.3, -0.25) is 9.36 Å². The van der Waals surface area contributed by atoms with Gasteiger partial charge in [-0.25, -0.2) is 4.99 Å². The average Bonchev–Trinajstić information content (AvgIpc) is 2.80. The minimum Gasteiger partial charge on any atom is -0.480 e. The molecule has 0 aromatic carbocycles. The zero-order valence-corrected chi connectivity index (χ0v) is 17.9. The van der Waals surface area contributed by atoms with Crippen molar-refractivity contribution in [2.24, 2.45) is 16.8 Å². The van der Waals surface area contributed by atoms with E-state index in [0.717, 1.165) is 6.42 Å². The molecular weight excluding hydrogens is 378 g/mol. The highest BCUT2D eigenvalue weighted by molar-refractivity contribution is 6.22. The Bertz CT molecular complexity index is 884. The lowest BCUT2D eigenvalue weighted by Gasteiger charge is -2.30. The quantitative estimate of drug-likeness (QED) is 0.701. The molecule has 0 aliphatic carbocycles. The number of halogens is 1. The molecule has 0 saturated carbocycles. The zero-order chi connectivity index (χ0) is 20.4. The molecule has 0 N–H and O–H groups in total. The minimum atomic E-state index is -0.303. The summed E-state index contributed by atoms with van der Waals surface area (Å²) in [7, 11) is 0. The molecule has 3 rings (SSSR count). The van der Waals surface area contributed by atoms with Crippen LogP contribution in [0.2, 0.25) is 0 Å². The van der Waals surface area contributed by atoms with Gasteiger partial charge in [-0.05, 0) is 31.3 Å². The van der Waals surface area contributed by atoms with Crippen LogP contribution >= 0.6 is 11.6 Å². The van der Waals surface area contributed by atoms with E-state index in [0.29, 0.717) is 41.4 Å². The molecule has 2 atom stereocenters. The van der Waals surface area contributed by atoms with Crippen molar-refractivity contribution >= 4 is 29.3 Å². The van der Waals surface area contributed by atoms with Crippen LogP contribution < -0.4 is 10.3 Å². The SMILES string of the molecule is CCOC1=N/C(=C\C(C)C)c2nc3c(c(=O)n2[C@@H]1CC(C)C)C=CC(Cl)CO3. The Hall–Kier alpha value is -2.08. The maximum Gasteiger partial charge on any atom is 0.265 e. The van der Waals surface area contributed by atoms with E-state index in [4.69, 9.17) is 31.1 Å². The number of rotatable bonds is 4. The fraction of sp³-hybridized carbons (Fsp3) is 0.571. The summed E-state index contributed by atoms with van der Waals surface area (Å²) in [5, 5.41) is -0.303. The number of hydrogen-bond donors (Lipinski definition) is 0. The lowest BCUT2D eigenvalue weighted by atomic mass is 10.0. The molecular formula is C21H28ClN3O3. The summed E-state index contributed by atoms with van der Waals surface area (Å²) in [5.41, 5.74) is 0.898. The molecule has 0 amide bonds. The molecule has 0 bridgehead atoms. The van der Waals surface area contributed by atoms with E-state index < -0.39 is 0 Å². The molecule has 6 nitrogen and oxygen atoms in total. The molecule has 1 aromatic rings. The van der Waals surface area contributed by atoms with Gasteiger partial charge in [0.25, 0.3) is 5.56 Å². The lowest BCUT2D eigenvalue weighted by molar-refractivity contribution is 0.280. The molecule has 1 unspecified atom stereocenters. The number of alkyl halides is 1. The molecule has 0 fully saturated rings. The molecule has 7 heteroatoms. The summed E-state index contributed by atoms with van der Waals surface area (Å²) in [6.45, 7) is 11.0. The fourth-order valence-corrected chi connectivity index (χ4v) is 3.51. The summed E-state index contributed by atoms with van der Waals surface area (Å²) in [4.78, 5) is 22.9. The zero-order valence-electron chi connectivity index (χ0n) is 17.1. The first-order chi connectivity index (χ1) is 13.3. The number of ether oxygens (including phenoxy) is 2. The first-order valence-electron chi connectivity index (χ1n) is 9.87. The van der Waals surface area contributed by atoms with E-state index in [1.807, 2.05) is 13.0 Å². The summed E-state index contributed by atoms with van der Waals surface area (Å²) in [6, 6.07) is -0.298. The van der Waals surface area contributed by atoms with Crippen molar-refractivity contribution in [2.75, 3.05) is 13.2 Å². The van der Waals surface area contributed by atoms with Crippen LogP contribution in [0.25, 0.3) is 11.8 Å². The lowest BCUT2D eigenvalue weighted by Crippen LogP contribution is -2.38. The molecule has 28 heavy (non-hydrogen) atoms. The molecule has 1 aromatic heterocycles. The molecule has 0 spiro atoms. The van der Waals surface area contributed by atoms with Crippen LogP contribution in [0.3, 0.4) is 0 Å². The van der Waals surface area contributed by atoms with E-state index in [-0.39, 0.29) is 29.5 Å². The number of hydrogen-bond acceptors (Lipinski definition) is 5. The second-order valence-corrected chi connectivity index (χ2v) is 8.40. The van der Waals surface area contributed by atoms with Gasteiger partial charge >= 0.3 is 0 Å². The maximum atomic E-state index is 13.5. The molecule has 3 heterocycles. The minimum absolute atomic E-state index is 0.158. The Kier molecular flexibility index (Phi) is 6.28. The highest BCUT2D eigenvalue weighted by Crippen LogP contribution is 2.33. The van der Waals surface area contributed by atoms with Gasteiger partial charge in [-0.1, -0.05) is 39.8 Å². The monoisotopic (exact) mass is 405 g/mol. The highest BCUT2D eigenvalue weighted by Gasteiger charge is 2.33. The van der Waals surface area contributed by atoms with Crippen LogP contribution in [0.5, 0.6) is 5.88 Å². The first-order valence-corrected chi connectivity index (χ1v) is 10.3. The average molecular weight is 406 g/mol.